The highest BCUT2D eigenvalue weighted by Gasteiger charge is 2.19. The standard InChI is InChI=1S/C62H96O6/c1-4-7-10-13-16-19-22-25-27-29-31-33-34-37-40-43-46-49-52-55-61(64)67-58-59(57-66-60(63)54-51-48-45-42-39-36-24-21-18-15-12-9-6-3)68-62(65)56-53-50-47-44-41-38-35-32-30-28-26-23-20-17-14-11-8-5-2/h7,9-10,12,15-16,18-19,21,24-25,27-28,30-33,35-37,39-40,46,49,59H,4-6,8,11,13-14,17,20,22-23,26,29,34,38,41-45,47-48,50-58H2,1-3H3/b10-7-,12-9-,18-15-,19-16-,24-21-,27-25-,30-28-,33-31-,35-32-,39-36-,40-37-,49-46-. The molecular weight excluding hydrogens is 841 g/mol. The molecule has 0 aliphatic heterocycles. The molecule has 380 valence electrons. The van der Waals surface area contributed by atoms with E-state index >= 15 is 0 Å². The van der Waals surface area contributed by atoms with Gasteiger partial charge in [0.1, 0.15) is 13.2 Å². The van der Waals surface area contributed by atoms with E-state index in [1.807, 2.05) is 48.6 Å². The number of unbranched alkanes of at least 4 members (excludes halogenated alkanes) is 15. The highest BCUT2D eigenvalue weighted by atomic mass is 16.6. The molecule has 0 radical (unpaired) electrons. The topological polar surface area (TPSA) is 78.9 Å². The average molecular weight is 937 g/mol. The van der Waals surface area contributed by atoms with Gasteiger partial charge in [-0.05, 0) is 103 Å². The first-order chi connectivity index (χ1) is 33.5. The van der Waals surface area contributed by atoms with Crippen LogP contribution < -0.4 is 0 Å². The Morgan fingerprint density at radius 1 is 0.324 bits per heavy atom. The molecule has 0 fully saturated rings. The first-order valence-electron chi connectivity index (χ1n) is 26.9. The zero-order valence-electron chi connectivity index (χ0n) is 43.3. The summed E-state index contributed by atoms with van der Waals surface area (Å²) in [6, 6.07) is 0. The van der Waals surface area contributed by atoms with Crippen LogP contribution >= 0.6 is 0 Å². The SMILES string of the molecule is CC\C=C/C=C\C=C/C=C\CCCCCC(=O)OCC(COC(=O)CC/C=C\C/C=C\C/C=C\C/C=C\C/C=C\C/C=C\CC)OC(=O)CCCCCCC/C=C\C=C/CCCCCCCCC. The van der Waals surface area contributed by atoms with Crippen molar-refractivity contribution in [3.05, 3.63) is 146 Å². The fraction of sp³-hybridized carbons (Fsp3) is 0.565. The van der Waals surface area contributed by atoms with Crippen LogP contribution in [0, 0.1) is 0 Å². The van der Waals surface area contributed by atoms with Gasteiger partial charge in [-0.3, -0.25) is 14.4 Å². The predicted octanol–water partition coefficient (Wildman–Crippen LogP) is 18.0. The second kappa shape index (κ2) is 54.9. The molecule has 0 bridgehead atoms. The maximum absolute atomic E-state index is 12.8. The molecule has 0 saturated carbocycles. The minimum atomic E-state index is -0.839. The fourth-order valence-electron chi connectivity index (χ4n) is 6.70. The number of carbonyl (C=O) groups is 3. The van der Waals surface area contributed by atoms with Gasteiger partial charge in [-0.15, -0.1) is 0 Å². The van der Waals surface area contributed by atoms with Gasteiger partial charge in [-0.2, -0.15) is 0 Å². The Bertz CT molecular complexity index is 1540. The fourth-order valence-corrected chi connectivity index (χ4v) is 6.70. The molecular formula is C62H96O6. The summed E-state index contributed by atoms with van der Waals surface area (Å²) in [5.41, 5.74) is 0. The highest BCUT2D eigenvalue weighted by molar-refractivity contribution is 5.71. The molecule has 0 heterocycles. The van der Waals surface area contributed by atoms with Crippen molar-refractivity contribution in [2.24, 2.45) is 0 Å². The molecule has 0 saturated heterocycles. The van der Waals surface area contributed by atoms with Gasteiger partial charge in [0.2, 0.25) is 0 Å². The summed E-state index contributed by atoms with van der Waals surface area (Å²) in [5.74, 6) is -1.08. The van der Waals surface area contributed by atoms with Crippen LogP contribution in [0.25, 0.3) is 0 Å². The van der Waals surface area contributed by atoms with Crippen molar-refractivity contribution in [2.75, 3.05) is 13.2 Å². The monoisotopic (exact) mass is 937 g/mol. The van der Waals surface area contributed by atoms with Crippen LogP contribution in [0.5, 0.6) is 0 Å². The van der Waals surface area contributed by atoms with E-state index < -0.39 is 6.10 Å². The first-order valence-corrected chi connectivity index (χ1v) is 26.9. The molecule has 0 rings (SSSR count). The zero-order chi connectivity index (χ0) is 49.3. The Kier molecular flexibility index (Phi) is 51.1. The van der Waals surface area contributed by atoms with Crippen molar-refractivity contribution in [1.82, 2.24) is 0 Å². The number of allylic oxidation sites excluding steroid dienone is 24. The molecule has 6 heteroatoms. The van der Waals surface area contributed by atoms with Gasteiger partial charge in [0.25, 0.3) is 0 Å². The molecule has 0 amide bonds. The van der Waals surface area contributed by atoms with E-state index in [0.717, 1.165) is 116 Å². The quantitative estimate of drug-likeness (QED) is 0.0199. The van der Waals surface area contributed by atoms with E-state index in [-0.39, 0.29) is 50.4 Å². The van der Waals surface area contributed by atoms with Gasteiger partial charge in [0.05, 0.1) is 0 Å². The van der Waals surface area contributed by atoms with Crippen LogP contribution in [-0.2, 0) is 28.6 Å². The molecule has 1 atom stereocenters. The van der Waals surface area contributed by atoms with Crippen molar-refractivity contribution >= 4 is 17.9 Å². The molecule has 0 aromatic carbocycles. The number of hydrogen-bond donors (Lipinski definition) is 0. The molecule has 0 aliphatic rings. The van der Waals surface area contributed by atoms with Gasteiger partial charge < -0.3 is 14.2 Å². The second-order valence-electron chi connectivity index (χ2n) is 17.1. The maximum Gasteiger partial charge on any atom is 0.306 e. The third kappa shape index (κ3) is 52.3. The Balaban J connectivity index is 4.60. The maximum atomic E-state index is 12.8. The Hall–Kier alpha value is -4.71. The van der Waals surface area contributed by atoms with Crippen LogP contribution in [-0.4, -0.2) is 37.2 Å². The Labute approximate surface area is 417 Å². The number of ether oxygens (including phenoxy) is 3. The lowest BCUT2D eigenvalue weighted by Gasteiger charge is -2.18. The predicted molar refractivity (Wildman–Crippen MR) is 292 cm³/mol. The Morgan fingerprint density at radius 2 is 0.676 bits per heavy atom. The van der Waals surface area contributed by atoms with Gasteiger partial charge in [-0.25, -0.2) is 0 Å². The molecule has 6 nitrogen and oxygen atoms in total. The molecule has 1 unspecified atom stereocenters. The van der Waals surface area contributed by atoms with Crippen molar-refractivity contribution in [2.45, 2.75) is 213 Å². The van der Waals surface area contributed by atoms with Crippen LogP contribution in [0.15, 0.2) is 146 Å². The van der Waals surface area contributed by atoms with Crippen LogP contribution in [0.3, 0.4) is 0 Å². The molecule has 68 heavy (non-hydrogen) atoms. The summed E-state index contributed by atoms with van der Waals surface area (Å²) in [6.45, 7) is 6.24. The summed E-state index contributed by atoms with van der Waals surface area (Å²) in [4.78, 5) is 38.0. The lowest BCUT2D eigenvalue weighted by Crippen LogP contribution is -2.30. The summed E-state index contributed by atoms with van der Waals surface area (Å²) in [6.07, 6.45) is 78.5. The van der Waals surface area contributed by atoms with Gasteiger partial charge in [0, 0.05) is 19.3 Å². The van der Waals surface area contributed by atoms with Crippen molar-refractivity contribution in [3.63, 3.8) is 0 Å². The van der Waals surface area contributed by atoms with Gasteiger partial charge in [0.15, 0.2) is 6.10 Å². The van der Waals surface area contributed by atoms with E-state index in [2.05, 4.69) is 118 Å². The van der Waals surface area contributed by atoms with Gasteiger partial charge in [-0.1, -0.05) is 231 Å². The number of carbonyl (C=O) groups excluding carboxylic acids is 3. The summed E-state index contributed by atoms with van der Waals surface area (Å²) >= 11 is 0. The van der Waals surface area contributed by atoms with E-state index in [4.69, 9.17) is 14.2 Å². The van der Waals surface area contributed by atoms with E-state index in [1.54, 1.807) is 0 Å². The zero-order valence-corrected chi connectivity index (χ0v) is 43.3. The minimum absolute atomic E-state index is 0.134. The van der Waals surface area contributed by atoms with Crippen molar-refractivity contribution < 1.29 is 28.6 Å². The highest BCUT2D eigenvalue weighted by Crippen LogP contribution is 2.12. The lowest BCUT2D eigenvalue weighted by molar-refractivity contribution is -0.166. The van der Waals surface area contributed by atoms with Crippen molar-refractivity contribution in [3.8, 4) is 0 Å². The summed E-state index contributed by atoms with van der Waals surface area (Å²) < 4.78 is 16.7. The normalized spacial score (nSPS) is 13.3. The third-order valence-electron chi connectivity index (χ3n) is 10.7. The molecule has 0 N–H and O–H groups in total. The van der Waals surface area contributed by atoms with Gasteiger partial charge >= 0.3 is 17.9 Å². The molecule has 0 aromatic heterocycles. The molecule has 0 aliphatic carbocycles. The minimum Gasteiger partial charge on any atom is -0.462 e. The number of esters is 3. The van der Waals surface area contributed by atoms with Crippen LogP contribution in [0.4, 0.5) is 0 Å². The number of hydrogen-bond acceptors (Lipinski definition) is 6. The average Bonchev–Trinajstić information content (AvgIpc) is 3.34. The number of rotatable bonds is 46. The van der Waals surface area contributed by atoms with Crippen molar-refractivity contribution in [1.29, 1.82) is 0 Å². The smallest absolute Gasteiger partial charge is 0.306 e. The van der Waals surface area contributed by atoms with Crippen LogP contribution in [0.2, 0.25) is 0 Å². The van der Waals surface area contributed by atoms with E-state index in [0.29, 0.717) is 6.42 Å². The summed E-state index contributed by atoms with van der Waals surface area (Å²) in [5, 5.41) is 0. The first kappa shape index (κ1) is 63.3. The summed E-state index contributed by atoms with van der Waals surface area (Å²) in [7, 11) is 0. The molecule has 0 spiro atoms. The van der Waals surface area contributed by atoms with E-state index in [9.17, 15) is 14.4 Å². The van der Waals surface area contributed by atoms with E-state index in [1.165, 1.54) is 44.9 Å². The van der Waals surface area contributed by atoms with Crippen LogP contribution in [0.1, 0.15) is 207 Å². The third-order valence-corrected chi connectivity index (χ3v) is 10.7. The Morgan fingerprint density at radius 3 is 1.16 bits per heavy atom. The lowest BCUT2D eigenvalue weighted by atomic mass is 10.1. The largest absolute Gasteiger partial charge is 0.462 e. The second-order valence-corrected chi connectivity index (χ2v) is 17.1. The molecule has 0 aromatic rings.